The maximum absolute atomic E-state index is 12.5. The van der Waals surface area contributed by atoms with Gasteiger partial charge < -0.3 is 4.74 Å². The lowest BCUT2D eigenvalue weighted by molar-refractivity contribution is 0.133. The fraction of sp³-hybridized carbons (Fsp3) is 0.429. The molecule has 0 amide bonds. The third-order valence-corrected chi connectivity index (χ3v) is 5.16. The minimum atomic E-state index is -3.35. The SMILES string of the molecule is COC1C=C(S(=O)(=O)c2ccccc2)CCCC1. The summed E-state index contributed by atoms with van der Waals surface area (Å²) in [5.41, 5.74) is 0. The highest BCUT2D eigenvalue weighted by Crippen LogP contribution is 2.27. The molecule has 0 aromatic heterocycles. The Labute approximate surface area is 108 Å². The second-order valence-corrected chi connectivity index (χ2v) is 6.47. The van der Waals surface area contributed by atoms with E-state index in [9.17, 15) is 8.42 Å². The number of hydrogen-bond donors (Lipinski definition) is 0. The predicted molar refractivity (Wildman–Crippen MR) is 71.0 cm³/mol. The third-order valence-electron chi connectivity index (χ3n) is 3.24. The van der Waals surface area contributed by atoms with Gasteiger partial charge in [0.2, 0.25) is 9.84 Å². The van der Waals surface area contributed by atoms with E-state index in [4.69, 9.17) is 4.74 Å². The molecule has 4 heteroatoms. The Bertz CT molecular complexity index is 517. The van der Waals surface area contributed by atoms with Crippen LogP contribution >= 0.6 is 0 Å². The Kier molecular flexibility index (Phi) is 4.19. The highest BCUT2D eigenvalue weighted by atomic mass is 32.2. The van der Waals surface area contributed by atoms with Gasteiger partial charge in [0.1, 0.15) is 0 Å². The molecule has 1 aliphatic rings. The summed E-state index contributed by atoms with van der Waals surface area (Å²) in [6, 6.07) is 8.60. The average molecular weight is 266 g/mol. The third kappa shape index (κ3) is 2.82. The van der Waals surface area contributed by atoms with E-state index in [-0.39, 0.29) is 6.10 Å². The number of methoxy groups -OCH3 is 1. The zero-order valence-electron chi connectivity index (χ0n) is 10.5. The molecule has 0 radical (unpaired) electrons. The smallest absolute Gasteiger partial charge is 0.202 e. The van der Waals surface area contributed by atoms with Crippen LogP contribution < -0.4 is 0 Å². The van der Waals surface area contributed by atoms with Gasteiger partial charge in [-0.15, -0.1) is 0 Å². The Balaban J connectivity index is 2.37. The molecule has 0 fully saturated rings. The van der Waals surface area contributed by atoms with Crippen molar-refractivity contribution in [3.8, 4) is 0 Å². The first-order valence-electron chi connectivity index (χ1n) is 6.18. The minimum Gasteiger partial charge on any atom is -0.377 e. The Morgan fingerprint density at radius 3 is 2.56 bits per heavy atom. The molecule has 1 aromatic carbocycles. The van der Waals surface area contributed by atoms with Crippen LogP contribution in [0, 0.1) is 0 Å². The monoisotopic (exact) mass is 266 g/mol. The van der Waals surface area contributed by atoms with Crippen LogP contribution in [-0.2, 0) is 14.6 Å². The summed E-state index contributed by atoms with van der Waals surface area (Å²) in [5.74, 6) is 0. The van der Waals surface area contributed by atoms with Crippen molar-refractivity contribution in [2.45, 2.75) is 36.7 Å². The van der Waals surface area contributed by atoms with E-state index in [1.807, 2.05) is 6.07 Å². The number of ether oxygens (including phenoxy) is 1. The highest BCUT2D eigenvalue weighted by molar-refractivity contribution is 7.95. The van der Waals surface area contributed by atoms with Crippen molar-refractivity contribution >= 4 is 9.84 Å². The molecule has 98 valence electrons. The Morgan fingerprint density at radius 1 is 1.17 bits per heavy atom. The molecule has 1 unspecified atom stereocenters. The zero-order chi connectivity index (χ0) is 13.0. The standard InChI is InChI=1S/C14H18O3S/c1-17-12-7-5-6-10-14(11-12)18(15,16)13-8-3-2-4-9-13/h2-4,8-9,11-12H,5-7,10H2,1H3. The molecule has 0 aliphatic heterocycles. The summed E-state index contributed by atoms with van der Waals surface area (Å²) >= 11 is 0. The van der Waals surface area contributed by atoms with Gasteiger partial charge in [-0.3, -0.25) is 0 Å². The Morgan fingerprint density at radius 2 is 1.89 bits per heavy atom. The van der Waals surface area contributed by atoms with E-state index in [1.54, 1.807) is 37.5 Å². The topological polar surface area (TPSA) is 43.4 Å². The molecule has 0 heterocycles. The quantitative estimate of drug-likeness (QED) is 0.845. The van der Waals surface area contributed by atoms with Crippen molar-refractivity contribution in [2.24, 2.45) is 0 Å². The first-order valence-corrected chi connectivity index (χ1v) is 7.66. The van der Waals surface area contributed by atoms with Gasteiger partial charge in [-0.05, 0) is 37.5 Å². The molecule has 1 aliphatic carbocycles. The van der Waals surface area contributed by atoms with Crippen LogP contribution in [0.1, 0.15) is 25.7 Å². The summed E-state index contributed by atoms with van der Waals surface area (Å²) < 4.78 is 30.2. The van der Waals surface area contributed by atoms with Gasteiger partial charge in [-0.1, -0.05) is 24.6 Å². The molecular formula is C14H18O3S. The van der Waals surface area contributed by atoms with E-state index in [1.165, 1.54) is 0 Å². The molecule has 0 spiro atoms. The van der Waals surface area contributed by atoms with Gasteiger partial charge in [0.05, 0.1) is 11.0 Å². The van der Waals surface area contributed by atoms with Gasteiger partial charge in [-0.25, -0.2) is 8.42 Å². The van der Waals surface area contributed by atoms with Crippen LogP contribution in [0.2, 0.25) is 0 Å². The number of sulfone groups is 1. The van der Waals surface area contributed by atoms with Gasteiger partial charge >= 0.3 is 0 Å². The van der Waals surface area contributed by atoms with Crippen molar-refractivity contribution in [3.63, 3.8) is 0 Å². The van der Waals surface area contributed by atoms with E-state index < -0.39 is 9.84 Å². The normalized spacial score (nSPS) is 21.2. The van der Waals surface area contributed by atoms with Crippen LogP contribution in [0.15, 0.2) is 46.2 Å². The second kappa shape index (κ2) is 5.67. The van der Waals surface area contributed by atoms with Crippen LogP contribution in [0.5, 0.6) is 0 Å². The fourth-order valence-corrected chi connectivity index (χ4v) is 3.74. The van der Waals surface area contributed by atoms with Crippen molar-refractivity contribution in [2.75, 3.05) is 7.11 Å². The molecule has 3 nitrogen and oxygen atoms in total. The van der Waals surface area contributed by atoms with E-state index in [0.29, 0.717) is 16.2 Å². The predicted octanol–water partition coefficient (Wildman–Crippen LogP) is 2.93. The molecular weight excluding hydrogens is 248 g/mol. The maximum Gasteiger partial charge on any atom is 0.202 e. The van der Waals surface area contributed by atoms with Crippen molar-refractivity contribution in [1.82, 2.24) is 0 Å². The molecule has 1 aromatic rings. The van der Waals surface area contributed by atoms with Gasteiger partial charge in [-0.2, -0.15) is 0 Å². The van der Waals surface area contributed by atoms with Crippen LogP contribution in [0.3, 0.4) is 0 Å². The summed E-state index contributed by atoms with van der Waals surface area (Å²) in [7, 11) is -1.72. The maximum atomic E-state index is 12.5. The van der Waals surface area contributed by atoms with Gasteiger partial charge in [0.25, 0.3) is 0 Å². The lowest BCUT2D eigenvalue weighted by Gasteiger charge is -2.10. The molecule has 1 atom stereocenters. The van der Waals surface area contributed by atoms with E-state index in [0.717, 1.165) is 19.3 Å². The van der Waals surface area contributed by atoms with Crippen LogP contribution in [0.25, 0.3) is 0 Å². The highest BCUT2D eigenvalue weighted by Gasteiger charge is 2.23. The fourth-order valence-electron chi connectivity index (χ4n) is 2.18. The lowest BCUT2D eigenvalue weighted by Crippen LogP contribution is -2.09. The largest absolute Gasteiger partial charge is 0.377 e. The summed E-state index contributed by atoms with van der Waals surface area (Å²) in [4.78, 5) is 0.867. The number of hydrogen-bond acceptors (Lipinski definition) is 3. The number of benzene rings is 1. The summed E-state index contributed by atoms with van der Waals surface area (Å²) in [6.45, 7) is 0. The molecule has 2 rings (SSSR count). The average Bonchev–Trinajstić information content (AvgIpc) is 2.65. The minimum absolute atomic E-state index is 0.0824. The van der Waals surface area contributed by atoms with Crippen molar-refractivity contribution in [3.05, 3.63) is 41.3 Å². The first kappa shape index (κ1) is 13.3. The number of rotatable bonds is 3. The zero-order valence-corrected chi connectivity index (χ0v) is 11.3. The molecule has 0 bridgehead atoms. The van der Waals surface area contributed by atoms with E-state index in [2.05, 4.69) is 0 Å². The van der Waals surface area contributed by atoms with Crippen molar-refractivity contribution in [1.29, 1.82) is 0 Å². The Hall–Kier alpha value is -1.13. The second-order valence-electron chi connectivity index (χ2n) is 4.47. The van der Waals surface area contributed by atoms with E-state index >= 15 is 0 Å². The van der Waals surface area contributed by atoms with Crippen LogP contribution in [-0.4, -0.2) is 21.6 Å². The van der Waals surface area contributed by atoms with Crippen molar-refractivity contribution < 1.29 is 13.2 Å². The number of allylic oxidation sites excluding steroid dienone is 1. The molecule has 18 heavy (non-hydrogen) atoms. The van der Waals surface area contributed by atoms with Gasteiger partial charge in [0.15, 0.2) is 0 Å². The van der Waals surface area contributed by atoms with Gasteiger partial charge in [0, 0.05) is 12.0 Å². The van der Waals surface area contributed by atoms with Crippen LogP contribution in [0.4, 0.5) is 0 Å². The lowest BCUT2D eigenvalue weighted by atomic mass is 10.2. The molecule has 0 N–H and O–H groups in total. The molecule has 0 saturated carbocycles. The molecule has 0 saturated heterocycles. The first-order chi connectivity index (χ1) is 8.64. The summed E-state index contributed by atoms with van der Waals surface area (Å²) in [5, 5.41) is 0. The summed E-state index contributed by atoms with van der Waals surface area (Å²) in [6.07, 6.45) is 5.10.